The molecule has 4 N–H and O–H groups in total. The Morgan fingerprint density at radius 3 is 2.59 bits per heavy atom. The Morgan fingerprint density at radius 1 is 1.28 bits per heavy atom. The van der Waals surface area contributed by atoms with Crippen molar-refractivity contribution in [2.45, 2.75) is 11.8 Å². The molecule has 32 heavy (non-hydrogen) atoms. The Labute approximate surface area is 194 Å². The van der Waals surface area contributed by atoms with Crippen molar-refractivity contribution in [1.29, 1.82) is 0 Å². The van der Waals surface area contributed by atoms with Gasteiger partial charge in [-0.15, -0.1) is 0 Å². The number of phenols is 1. The molecule has 0 radical (unpaired) electrons. The number of aromatic hydroxyl groups is 1. The van der Waals surface area contributed by atoms with Crippen LogP contribution in [0.5, 0.6) is 11.5 Å². The molecule has 1 saturated heterocycles. The number of carbonyl (C=O) groups is 2. The quantitative estimate of drug-likeness (QED) is 0.394. The number of phenolic OH excluding ortho intramolecular Hbond substituents is 1. The van der Waals surface area contributed by atoms with Crippen LogP contribution in [0.25, 0.3) is 6.08 Å². The first-order valence-electron chi connectivity index (χ1n) is 9.22. The molecule has 0 bridgehead atoms. The fourth-order valence-electron chi connectivity index (χ4n) is 2.75. The molecule has 0 aromatic heterocycles. The number of ether oxygens (including phenoxy) is 1. The molecule has 2 aromatic carbocycles. The number of nitrogens with two attached hydrogens (primary N) is 1. The number of benzene rings is 2. The van der Waals surface area contributed by atoms with E-state index in [2.05, 4.69) is 5.32 Å². The number of thioether (sulfide) groups is 1. The Kier molecular flexibility index (Phi) is 7.19. The van der Waals surface area contributed by atoms with E-state index in [4.69, 9.17) is 22.1 Å². The molecule has 1 aliphatic heterocycles. The first-order chi connectivity index (χ1) is 15.1. The summed E-state index contributed by atoms with van der Waals surface area (Å²) in [4.78, 5) is 26.5. The minimum Gasteiger partial charge on any atom is -0.504 e. The number of nitrogens with one attached hydrogen (secondary N) is 1. The maximum absolute atomic E-state index is 12.7. The van der Waals surface area contributed by atoms with Gasteiger partial charge in [0.1, 0.15) is 10.9 Å². The zero-order valence-corrected chi connectivity index (χ0v) is 19.2. The van der Waals surface area contributed by atoms with E-state index in [1.165, 1.54) is 35.2 Å². The van der Waals surface area contributed by atoms with Gasteiger partial charge >= 0.3 is 0 Å². The number of hydrogen-bond donors (Lipinski definition) is 3. The van der Waals surface area contributed by atoms with Crippen LogP contribution in [0, 0.1) is 0 Å². The summed E-state index contributed by atoms with van der Waals surface area (Å²) in [6.45, 7) is 1.86. The van der Waals surface area contributed by atoms with E-state index in [0.717, 1.165) is 11.8 Å². The van der Waals surface area contributed by atoms with Crippen LogP contribution in [0.1, 0.15) is 12.5 Å². The van der Waals surface area contributed by atoms with E-state index >= 15 is 0 Å². The minimum atomic E-state index is -3.84. The average molecular weight is 494 g/mol. The lowest BCUT2D eigenvalue weighted by molar-refractivity contribution is -0.126. The van der Waals surface area contributed by atoms with E-state index in [1.807, 2.05) is 0 Å². The van der Waals surface area contributed by atoms with Gasteiger partial charge in [0.25, 0.3) is 5.91 Å². The molecule has 1 fully saturated rings. The van der Waals surface area contributed by atoms with Gasteiger partial charge in [-0.05, 0) is 55.0 Å². The largest absolute Gasteiger partial charge is 0.504 e. The van der Waals surface area contributed by atoms with Gasteiger partial charge in [0.05, 0.1) is 16.4 Å². The fourth-order valence-corrected chi connectivity index (χ4v) is 4.52. The van der Waals surface area contributed by atoms with Crippen molar-refractivity contribution in [1.82, 2.24) is 4.90 Å². The molecule has 1 heterocycles. The van der Waals surface area contributed by atoms with Gasteiger partial charge in [0.15, 0.2) is 11.5 Å². The summed E-state index contributed by atoms with van der Waals surface area (Å²) in [7, 11) is -3.84. The Morgan fingerprint density at radius 2 is 1.97 bits per heavy atom. The Bertz CT molecular complexity index is 1210. The SMILES string of the molecule is CCOc1cc(/C=C2\SC(=S)N(CC(=O)Nc3ccc(S(N)(=O)=O)cc3)C2=O)ccc1O. The van der Waals surface area contributed by atoms with Gasteiger partial charge in [0.2, 0.25) is 15.9 Å². The van der Waals surface area contributed by atoms with Crippen LogP contribution in [0.3, 0.4) is 0 Å². The first kappa shape index (κ1) is 23.7. The zero-order chi connectivity index (χ0) is 23.5. The third-order valence-electron chi connectivity index (χ3n) is 4.22. The lowest BCUT2D eigenvalue weighted by atomic mass is 10.2. The number of anilines is 1. The molecule has 0 atom stereocenters. The molecule has 3 rings (SSSR count). The van der Waals surface area contributed by atoms with E-state index in [9.17, 15) is 23.1 Å². The molecule has 0 unspecified atom stereocenters. The molecular weight excluding hydrogens is 474 g/mol. The highest BCUT2D eigenvalue weighted by molar-refractivity contribution is 8.26. The highest BCUT2D eigenvalue weighted by Gasteiger charge is 2.33. The third-order valence-corrected chi connectivity index (χ3v) is 6.53. The molecule has 2 aromatic rings. The van der Waals surface area contributed by atoms with Crippen LogP contribution in [-0.4, -0.2) is 47.7 Å². The molecule has 0 saturated carbocycles. The summed E-state index contributed by atoms with van der Waals surface area (Å²) in [5.41, 5.74) is 0.974. The molecular formula is C20H19N3O6S3. The average Bonchev–Trinajstić information content (AvgIpc) is 2.97. The number of sulfonamides is 1. The summed E-state index contributed by atoms with van der Waals surface area (Å²) >= 11 is 6.30. The highest BCUT2D eigenvalue weighted by atomic mass is 32.2. The predicted octanol–water partition coefficient (Wildman–Crippen LogP) is 2.28. The second kappa shape index (κ2) is 9.69. The van der Waals surface area contributed by atoms with Crippen LogP contribution >= 0.6 is 24.0 Å². The predicted molar refractivity (Wildman–Crippen MR) is 126 cm³/mol. The zero-order valence-electron chi connectivity index (χ0n) is 16.8. The summed E-state index contributed by atoms with van der Waals surface area (Å²) < 4.78 is 28.2. The number of carbonyl (C=O) groups excluding carboxylic acids is 2. The number of thiocarbonyl (C=S) groups is 1. The van der Waals surface area contributed by atoms with Gasteiger partial charge in [0, 0.05) is 5.69 Å². The minimum absolute atomic E-state index is 0.00897. The summed E-state index contributed by atoms with van der Waals surface area (Å²) in [6, 6.07) is 10.0. The fraction of sp³-hybridized carbons (Fsp3) is 0.150. The molecule has 2 amide bonds. The van der Waals surface area contributed by atoms with Crippen molar-refractivity contribution in [3.05, 3.63) is 52.9 Å². The van der Waals surface area contributed by atoms with Gasteiger partial charge < -0.3 is 15.2 Å². The van der Waals surface area contributed by atoms with Gasteiger partial charge in [-0.2, -0.15) is 0 Å². The van der Waals surface area contributed by atoms with Crippen molar-refractivity contribution in [3.63, 3.8) is 0 Å². The van der Waals surface area contributed by atoms with Crippen molar-refractivity contribution in [2.75, 3.05) is 18.5 Å². The van der Waals surface area contributed by atoms with Crippen LogP contribution in [0.15, 0.2) is 52.3 Å². The van der Waals surface area contributed by atoms with Crippen LogP contribution in [0.4, 0.5) is 5.69 Å². The number of amides is 2. The van der Waals surface area contributed by atoms with Crippen molar-refractivity contribution in [3.8, 4) is 11.5 Å². The topological polar surface area (TPSA) is 139 Å². The smallest absolute Gasteiger partial charge is 0.266 e. The lowest BCUT2D eigenvalue weighted by Gasteiger charge is -2.14. The van der Waals surface area contributed by atoms with Crippen LogP contribution in [0.2, 0.25) is 0 Å². The molecule has 168 valence electrons. The summed E-state index contributed by atoms with van der Waals surface area (Å²) in [6.07, 6.45) is 1.60. The van der Waals surface area contributed by atoms with Crippen molar-refractivity contribution < 1.29 is 27.9 Å². The van der Waals surface area contributed by atoms with Crippen LogP contribution < -0.4 is 15.2 Å². The lowest BCUT2D eigenvalue weighted by Crippen LogP contribution is -2.36. The third kappa shape index (κ3) is 5.65. The number of nitrogens with zero attached hydrogens (tertiary/aromatic N) is 1. The maximum atomic E-state index is 12.7. The second-order valence-corrected chi connectivity index (χ2v) is 9.78. The van der Waals surface area contributed by atoms with Gasteiger partial charge in [-0.3, -0.25) is 14.5 Å². The van der Waals surface area contributed by atoms with E-state index in [0.29, 0.717) is 28.5 Å². The van der Waals surface area contributed by atoms with Gasteiger partial charge in [-0.25, -0.2) is 13.6 Å². The molecule has 0 spiro atoms. The second-order valence-electron chi connectivity index (χ2n) is 6.55. The summed E-state index contributed by atoms with van der Waals surface area (Å²) in [5, 5.41) is 17.4. The molecule has 9 nitrogen and oxygen atoms in total. The van der Waals surface area contributed by atoms with E-state index in [1.54, 1.807) is 25.1 Å². The van der Waals surface area contributed by atoms with Crippen molar-refractivity contribution >= 4 is 61.9 Å². The molecule has 12 heteroatoms. The molecule has 1 aliphatic rings. The van der Waals surface area contributed by atoms with Crippen LogP contribution in [-0.2, 0) is 19.6 Å². The number of hydrogen-bond acceptors (Lipinski definition) is 8. The summed E-state index contributed by atoms with van der Waals surface area (Å²) in [5.74, 6) is -0.644. The Hall–Kier alpha value is -2.93. The highest BCUT2D eigenvalue weighted by Crippen LogP contribution is 2.34. The first-order valence-corrected chi connectivity index (χ1v) is 12.0. The normalized spacial score (nSPS) is 15.3. The maximum Gasteiger partial charge on any atom is 0.266 e. The standard InChI is InChI=1S/C20H19N3O6S3/c1-2-29-16-9-12(3-8-15(16)24)10-17-19(26)23(20(30)31-17)11-18(25)22-13-4-6-14(7-5-13)32(21,27)28/h3-10,24H,2,11H2,1H3,(H,22,25)(H2,21,27,28)/b17-10-. The number of primary sulfonamides is 1. The van der Waals surface area contributed by atoms with Crippen molar-refractivity contribution in [2.24, 2.45) is 5.14 Å². The monoisotopic (exact) mass is 493 g/mol. The van der Waals surface area contributed by atoms with E-state index < -0.39 is 21.8 Å². The number of rotatable bonds is 7. The molecule has 0 aliphatic carbocycles. The van der Waals surface area contributed by atoms with E-state index in [-0.39, 0.29) is 21.5 Å². The Balaban J connectivity index is 1.69. The van der Waals surface area contributed by atoms with Gasteiger partial charge in [-0.1, -0.05) is 30.0 Å².